The van der Waals surface area contributed by atoms with Crippen LogP contribution >= 0.6 is 0 Å². The van der Waals surface area contributed by atoms with Gasteiger partial charge in [-0.3, -0.25) is 10.1 Å². The van der Waals surface area contributed by atoms with E-state index in [1.165, 1.54) is 0 Å². The Morgan fingerprint density at radius 3 is 2.81 bits per heavy atom. The summed E-state index contributed by atoms with van der Waals surface area (Å²) in [4.78, 5) is 12.7. The van der Waals surface area contributed by atoms with E-state index in [0.29, 0.717) is 23.1 Å². The summed E-state index contributed by atoms with van der Waals surface area (Å²) in [6.07, 6.45) is 3.28. The highest BCUT2D eigenvalue weighted by molar-refractivity contribution is 5.65. The molecular weight excluding hydrogens is 273 g/mol. The number of halogens is 1. The molecule has 6 heteroatoms. The molecule has 0 bridgehead atoms. The monoisotopic (exact) mass is 293 g/mol. The Balaban J connectivity index is 1.94. The standard InChI is InChI=1S/C15H20FN3O2/c1-9-5-14(15(19(20)21)6-12(9)16)18-7-10-3-2-4-13(17)11(10)8-18/h5-6,10-11,13H,2-4,7-8,17H2,1H3. The Bertz CT molecular complexity index is 578. The summed E-state index contributed by atoms with van der Waals surface area (Å²) in [5, 5.41) is 11.2. The maximum Gasteiger partial charge on any atom is 0.295 e. The molecule has 21 heavy (non-hydrogen) atoms. The van der Waals surface area contributed by atoms with Gasteiger partial charge in [0.15, 0.2) is 0 Å². The fraction of sp³-hybridized carbons (Fsp3) is 0.600. The molecule has 0 aromatic heterocycles. The molecule has 1 saturated heterocycles. The summed E-state index contributed by atoms with van der Waals surface area (Å²) in [6, 6.07) is 2.80. The first-order chi connectivity index (χ1) is 9.97. The quantitative estimate of drug-likeness (QED) is 0.672. The largest absolute Gasteiger partial charge is 0.365 e. The number of anilines is 1. The zero-order valence-electron chi connectivity index (χ0n) is 12.1. The highest BCUT2D eigenvalue weighted by Gasteiger charge is 2.40. The number of aryl methyl sites for hydroxylation is 1. The van der Waals surface area contributed by atoms with Crippen molar-refractivity contribution in [3.8, 4) is 0 Å². The number of rotatable bonds is 2. The molecule has 1 aliphatic carbocycles. The van der Waals surface area contributed by atoms with Crippen molar-refractivity contribution in [1.82, 2.24) is 0 Å². The molecular formula is C15H20FN3O2. The van der Waals surface area contributed by atoms with Gasteiger partial charge in [0, 0.05) is 19.1 Å². The molecule has 1 saturated carbocycles. The minimum absolute atomic E-state index is 0.148. The predicted molar refractivity (Wildman–Crippen MR) is 78.8 cm³/mol. The van der Waals surface area contributed by atoms with E-state index in [4.69, 9.17) is 5.73 Å². The van der Waals surface area contributed by atoms with E-state index in [2.05, 4.69) is 0 Å². The van der Waals surface area contributed by atoms with Gasteiger partial charge < -0.3 is 10.6 Å². The Morgan fingerprint density at radius 1 is 1.38 bits per heavy atom. The van der Waals surface area contributed by atoms with Crippen molar-refractivity contribution in [3.63, 3.8) is 0 Å². The lowest BCUT2D eigenvalue weighted by atomic mass is 9.78. The van der Waals surface area contributed by atoms with Crippen LogP contribution in [0.5, 0.6) is 0 Å². The van der Waals surface area contributed by atoms with Crippen molar-refractivity contribution >= 4 is 11.4 Å². The van der Waals surface area contributed by atoms with Gasteiger partial charge in [-0.25, -0.2) is 4.39 Å². The molecule has 114 valence electrons. The zero-order chi connectivity index (χ0) is 15.1. The Hall–Kier alpha value is -1.69. The molecule has 1 aromatic rings. The van der Waals surface area contributed by atoms with Crippen LogP contribution in [0.1, 0.15) is 24.8 Å². The number of hydrogen-bond acceptors (Lipinski definition) is 4. The fourth-order valence-corrected chi connectivity index (χ4v) is 3.77. The van der Waals surface area contributed by atoms with Gasteiger partial charge in [-0.2, -0.15) is 0 Å². The number of nitrogens with zero attached hydrogens (tertiary/aromatic N) is 2. The minimum atomic E-state index is -0.529. The van der Waals surface area contributed by atoms with E-state index < -0.39 is 10.7 Å². The van der Waals surface area contributed by atoms with Gasteiger partial charge in [-0.05, 0) is 43.2 Å². The van der Waals surface area contributed by atoms with Crippen LogP contribution in [0, 0.1) is 34.7 Å². The van der Waals surface area contributed by atoms with E-state index in [1.54, 1.807) is 13.0 Å². The van der Waals surface area contributed by atoms with Gasteiger partial charge >= 0.3 is 0 Å². The lowest BCUT2D eigenvalue weighted by Gasteiger charge is -2.29. The zero-order valence-corrected chi connectivity index (χ0v) is 12.1. The molecule has 2 fully saturated rings. The predicted octanol–water partition coefficient (Wildman–Crippen LogP) is 2.61. The molecule has 0 spiro atoms. The Labute approximate surface area is 123 Å². The second-order valence-electron chi connectivity index (χ2n) is 6.27. The molecule has 2 N–H and O–H groups in total. The summed E-state index contributed by atoms with van der Waals surface area (Å²) >= 11 is 0. The van der Waals surface area contributed by atoms with E-state index in [9.17, 15) is 14.5 Å². The Kier molecular flexibility index (Phi) is 3.57. The summed E-state index contributed by atoms with van der Waals surface area (Å²) in [5.74, 6) is 0.362. The second kappa shape index (κ2) is 5.26. The Morgan fingerprint density at radius 2 is 2.14 bits per heavy atom. The maximum atomic E-state index is 13.6. The van der Waals surface area contributed by atoms with Crippen LogP contribution in [-0.4, -0.2) is 24.1 Å². The van der Waals surface area contributed by atoms with Gasteiger partial charge in [-0.15, -0.1) is 0 Å². The lowest BCUT2D eigenvalue weighted by molar-refractivity contribution is -0.384. The van der Waals surface area contributed by atoms with Crippen LogP contribution in [0.2, 0.25) is 0 Å². The first-order valence-corrected chi connectivity index (χ1v) is 7.42. The molecule has 1 heterocycles. The van der Waals surface area contributed by atoms with Gasteiger partial charge in [0.1, 0.15) is 11.5 Å². The topological polar surface area (TPSA) is 72.4 Å². The van der Waals surface area contributed by atoms with Gasteiger partial charge in [-0.1, -0.05) is 6.42 Å². The highest BCUT2D eigenvalue weighted by atomic mass is 19.1. The minimum Gasteiger partial charge on any atom is -0.365 e. The highest BCUT2D eigenvalue weighted by Crippen LogP contribution is 2.40. The van der Waals surface area contributed by atoms with Crippen LogP contribution in [-0.2, 0) is 0 Å². The number of nitrogens with two attached hydrogens (primary N) is 1. The third kappa shape index (κ3) is 2.48. The summed E-state index contributed by atoms with van der Waals surface area (Å²) < 4.78 is 13.6. The van der Waals surface area contributed by atoms with Crippen molar-refractivity contribution < 1.29 is 9.31 Å². The molecule has 0 amide bonds. The lowest BCUT2D eigenvalue weighted by Crippen LogP contribution is -2.38. The van der Waals surface area contributed by atoms with E-state index in [-0.39, 0.29) is 11.7 Å². The summed E-state index contributed by atoms with van der Waals surface area (Å²) in [6.45, 7) is 3.15. The van der Waals surface area contributed by atoms with Crippen molar-refractivity contribution in [3.05, 3.63) is 33.6 Å². The molecule has 3 unspecified atom stereocenters. The van der Waals surface area contributed by atoms with Crippen LogP contribution in [0.4, 0.5) is 15.8 Å². The molecule has 1 aromatic carbocycles. The average molecular weight is 293 g/mol. The SMILES string of the molecule is Cc1cc(N2CC3CCCC(N)C3C2)c([N+](=O)[O-])cc1F. The third-order valence-electron chi connectivity index (χ3n) is 4.95. The fourth-order valence-electron chi connectivity index (χ4n) is 3.77. The molecule has 3 rings (SSSR count). The summed E-state index contributed by atoms with van der Waals surface area (Å²) in [7, 11) is 0. The molecule has 2 aliphatic rings. The average Bonchev–Trinajstić information content (AvgIpc) is 2.86. The first kappa shape index (κ1) is 14.3. The number of fused-ring (bicyclic) bond motifs is 1. The normalized spacial score (nSPS) is 28.5. The second-order valence-corrected chi connectivity index (χ2v) is 6.27. The number of hydrogen-bond donors (Lipinski definition) is 1. The number of nitro benzene ring substituents is 1. The van der Waals surface area contributed by atoms with E-state index in [0.717, 1.165) is 38.4 Å². The summed E-state index contributed by atoms with van der Waals surface area (Å²) in [5.41, 5.74) is 7.01. The molecule has 1 aliphatic heterocycles. The maximum absolute atomic E-state index is 13.6. The van der Waals surface area contributed by atoms with Crippen LogP contribution in [0.3, 0.4) is 0 Å². The number of benzene rings is 1. The van der Waals surface area contributed by atoms with Crippen molar-refractivity contribution in [2.45, 2.75) is 32.2 Å². The van der Waals surface area contributed by atoms with Crippen LogP contribution in [0.15, 0.2) is 12.1 Å². The van der Waals surface area contributed by atoms with Crippen LogP contribution < -0.4 is 10.6 Å². The molecule has 5 nitrogen and oxygen atoms in total. The third-order valence-corrected chi connectivity index (χ3v) is 4.95. The van der Waals surface area contributed by atoms with Crippen LogP contribution in [0.25, 0.3) is 0 Å². The molecule has 3 atom stereocenters. The first-order valence-electron chi connectivity index (χ1n) is 7.42. The van der Waals surface area contributed by atoms with E-state index in [1.807, 2.05) is 4.90 Å². The van der Waals surface area contributed by atoms with E-state index >= 15 is 0 Å². The van der Waals surface area contributed by atoms with Gasteiger partial charge in [0.25, 0.3) is 5.69 Å². The van der Waals surface area contributed by atoms with Crippen molar-refractivity contribution in [1.29, 1.82) is 0 Å². The van der Waals surface area contributed by atoms with Gasteiger partial charge in [0.05, 0.1) is 11.0 Å². The smallest absolute Gasteiger partial charge is 0.295 e. The van der Waals surface area contributed by atoms with Crippen molar-refractivity contribution in [2.24, 2.45) is 17.6 Å². The van der Waals surface area contributed by atoms with Crippen molar-refractivity contribution in [2.75, 3.05) is 18.0 Å². The number of nitro groups is 1. The van der Waals surface area contributed by atoms with Gasteiger partial charge in [0.2, 0.25) is 0 Å². The molecule has 0 radical (unpaired) electrons.